The van der Waals surface area contributed by atoms with Crippen molar-refractivity contribution in [3.05, 3.63) is 95.1 Å². The van der Waals surface area contributed by atoms with Gasteiger partial charge in [0.05, 0.1) is 10.2 Å². The second-order valence-corrected chi connectivity index (χ2v) is 9.23. The van der Waals surface area contributed by atoms with E-state index in [0.29, 0.717) is 28.4 Å². The second-order valence-electron chi connectivity index (χ2n) is 8.22. The fourth-order valence-corrected chi connectivity index (χ4v) is 4.96. The SMILES string of the molecule is CCN(CC)CCN(C(=O)c1ccc(C(=O)c2ccccc2)cc1)c1nc2ccc(C)cc2s1.Cl. The highest BCUT2D eigenvalue weighted by Crippen LogP contribution is 2.30. The first-order valence-corrected chi connectivity index (χ1v) is 12.4. The number of amides is 1. The largest absolute Gasteiger partial charge is 0.302 e. The Morgan fingerprint density at radius 3 is 2.11 bits per heavy atom. The summed E-state index contributed by atoms with van der Waals surface area (Å²) in [5, 5.41) is 0.696. The number of hydrogen-bond acceptors (Lipinski definition) is 5. The molecule has 1 aromatic heterocycles. The van der Waals surface area contributed by atoms with Crippen molar-refractivity contribution in [2.75, 3.05) is 31.1 Å². The zero-order valence-corrected chi connectivity index (χ0v) is 21.9. The molecule has 0 aliphatic heterocycles. The van der Waals surface area contributed by atoms with Crippen LogP contribution in [0, 0.1) is 6.92 Å². The van der Waals surface area contributed by atoms with Gasteiger partial charge < -0.3 is 4.90 Å². The maximum absolute atomic E-state index is 13.6. The first-order valence-electron chi connectivity index (χ1n) is 11.6. The van der Waals surface area contributed by atoms with Gasteiger partial charge in [0.1, 0.15) is 0 Å². The van der Waals surface area contributed by atoms with E-state index in [1.54, 1.807) is 41.3 Å². The molecule has 1 heterocycles. The quantitative estimate of drug-likeness (QED) is 0.251. The lowest BCUT2D eigenvalue weighted by Gasteiger charge is -2.24. The Morgan fingerprint density at radius 1 is 0.829 bits per heavy atom. The predicted octanol–water partition coefficient (Wildman–Crippen LogP) is 6.25. The number of carbonyl (C=O) groups excluding carboxylic acids is 2. The minimum Gasteiger partial charge on any atom is -0.302 e. The van der Waals surface area contributed by atoms with Gasteiger partial charge in [-0.05, 0) is 49.8 Å². The summed E-state index contributed by atoms with van der Waals surface area (Å²) in [7, 11) is 0. The third kappa shape index (κ3) is 6.14. The summed E-state index contributed by atoms with van der Waals surface area (Å²) in [6.07, 6.45) is 0. The number of ketones is 1. The minimum atomic E-state index is -0.110. The Bertz CT molecular complexity index is 1280. The lowest BCUT2D eigenvalue weighted by Crippen LogP contribution is -2.38. The van der Waals surface area contributed by atoms with Crippen molar-refractivity contribution in [1.29, 1.82) is 0 Å². The van der Waals surface area contributed by atoms with E-state index in [0.717, 1.165) is 29.9 Å². The van der Waals surface area contributed by atoms with E-state index in [1.165, 1.54) is 16.9 Å². The van der Waals surface area contributed by atoms with E-state index in [1.807, 2.05) is 30.3 Å². The van der Waals surface area contributed by atoms with Gasteiger partial charge >= 0.3 is 0 Å². The van der Waals surface area contributed by atoms with Gasteiger partial charge in [0.25, 0.3) is 5.91 Å². The average Bonchev–Trinajstić information content (AvgIpc) is 3.29. The zero-order valence-electron chi connectivity index (χ0n) is 20.2. The first kappa shape index (κ1) is 26.5. The van der Waals surface area contributed by atoms with Crippen molar-refractivity contribution in [2.45, 2.75) is 20.8 Å². The first-order chi connectivity index (χ1) is 16.5. The number of anilines is 1. The topological polar surface area (TPSA) is 53.5 Å². The molecule has 4 aromatic rings. The van der Waals surface area contributed by atoms with Crippen LogP contribution in [0.5, 0.6) is 0 Å². The molecule has 0 fully saturated rings. The molecule has 7 heteroatoms. The van der Waals surface area contributed by atoms with Crippen LogP contribution in [0.2, 0.25) is 0 Å². The van der Waals surface area contributed by atoms with Gasteiger partial charge in [0.2, 0.25) is 0 Å². The summed E-state index contributed by atoms with van der Waals surface area (Å²) in [6, 6.07) is 22.2. The van der Waals surface area contributed by atoms with Crippen molar-refractivity contribution in [3.63, 3.8) is 0 Å². The number of aromatic nitrogens is 1. The Hall–Kier alpha value is -3.06. The molecule has 0 unspecified atom stereocenters. The van der Waals surface area contributed by atoms with Crippen LogP contribution in [-0.2, 0) is 0 Å². The molecule has 0 saturated heterocycles. The highest BCUT2D eigenvalue weighted by Gasteiger charge is 2.22. The molecule has 0 aliphatic carbocycles. The molecule has 0 aliphatic rings. The number of nitrogens with zero attached hydrogens (tertiary/aromatic N) is 3. The monoisotopic (exact) mass is 507 g/mol. The number of likely N-dealkylation sites (N-methyl/N-ethyl adjacent to an activating group) is 1. The molecule has 0 atom stereocenters. The Kier molecular flexibility index (Phi) is 9.15. The van der Waals surface area contributed by atoms with Gasteiger partial charge in [-0.2, -0.15) is 0 Å². The number of fused-ring (bicyclic) bond motifs is 1. The summed E-state index contributed by atoms with van der Waals surface area (Å²) in [5.74, 6) is -0.166. The van der Waals surface area contributed by atoms with Crippen molar-refractivity contribution < 1.29 is 9.59 Å². The number of aryl methyl sites for hydroxylation is 1. The predicted molar refractivity (Wildman–Crippen MR) is 147 cm³/mol. The van der Waals surface area contributed by atoms with Crippen LogP contribution in [0.1, 0.15) is 45.7 Å². The van der Waals surface area contributed by atoms with E-state index in [-0.39, 0.29) is 24.1 Å². The van der Waals surface area contributed by atoms with Gasteiger partial charge in [-0.1, -0.05) is 73.7 Å². The average molecular weight is 508 g/mol. The molecule has 35 heavy (non-hydrogen) atoms. The third-order valence-corrected chi connectivity index (χ3v) is 7.01. The number of hydrogen-bond donors (Lipinski definition) is 0. The van der Waals surface area contributed by atoms with Crippen molar-refractivity contribution >= 4 is 50.8 Å². The summed E-state index contributed by atoms with van der Waals surface area (Å²) in [5.41, 5.74) is 3.80. The molecule has 0 spiro atoms. The summed E-state index contributed by atoms with van der Waals surface area (Å²) >= 11 is 1.54. The molecule has 0 saturated carbocycles. The molecule has 4 rings (SSSR count). The van der Waals surface area contributed by atoms with E-state index in [9.17, 15) is 9.59 Å². The number of benzene rings is 3. The molecule has 182 valence electrons. The van der Waals surface area contributed by atoms with E-state index in [2.05, 4.69) is 31.7 Å². The number of halogens is 1. The van der Waals surface area contributed by atoms with Gasteiger partial charge in [-0.3, -0.25) is 14.5 Å². The smallest absolute Gasteiger partial charge is 0.260 e. The second kappa shape index (κ2) is 12.1. The summed E-state index contributed by atoms with van der Waals surface area (Å²) in [4.78, 5) is 35.2. The van der Waals surface area contributed by atoms with E-state index in [4.69, 9.17) is 4.98 Å². The number of rotatable bonds is 9. The van der Waals surface area contributed by atoms with Crippen LogP contribution in [-0.4, -0.2) is 47.8 Å². The van der Waals surface area contributed by atoms with Crippen LogP contribution in [0.25, 0.3) is 10.2 Å². The molecule has 5 nitrogen and oxygen atoms in total. The Morgan fingerprint density at radius 2 is 1.46 bits per heavy atom. The highest BCUT2D eigenvalue weighted by atomic mass is 35.5. The molecule has 1 amide bonds. The molecule has 0 bridgehead atoms. The lowest BCUT2D eigenvalue weighted by atomic mass is 10.0. The van der Waals surface area contributed by atoms with Crippen molar-refractivity contribution in [2.24, 2.45) is 0 Å². The van der Waals surface area contributed by atoms with Gasteiger partial charge in [-0.25, -0.2) is 4.98 Å². The van der Waals surface area contributed by atoms with E-state index < -0.39 is 0 Å². The standard InChI is InChI=1S/C28H29N3O2S.ClH/c1-4-30(5-2)17-18-31(28-29-24-16-11-20(3)19-25(24)34-28)27(33)23-14-12-22(13-15-23)26(32)21-9-7-6-8-10-21;/h6-16,19H,4-5,17-18H2,1-3H3;1H. The highest BCUT2D eigenvalue weighted by molar-refractivity contribution is 7.22. The van der Waals surface area contributed by atoms with Crippen LogP contribution in [0.3, 0.4) is 0 Å². The number of carbonyl (C=O) groups is 2. The van der Waals surface area contributed by atoms with Gasteiger partial charge in [-0.15, -0.1) is 12.4 Å². The van der Waals surface area contributed by atoms with Gasteiger partial charge in [0.15, 0.2) is 10.9 Å². The van der Waals surface area contributed by atoms with Gasteiger partial charge in [0, 0.05) is 29.8 Å². The maximum Gasteiger partial charge on any atom is 0.260 e. The third-order valence-electron chi connectivity index (χ3n) is 5.97. The van der Waals surface area contributed by atoms with Crippen molar-refractivity contribution in [3.8, 4) is 0 Å². The van der Waals surface area contributed by atoms with Crippen molar-refractivity contribution in [1.82, 2.24) is 9.88 Å². The number of thiazole rings is 1. The molecular weight excluding hydrogens is 478 g/mol. The molecule has 0 N–H and O–H groups in total. The Balaban J connectivity index is 0.00000342. The van der Waals surface area contributed by atoms with Crippen LogP contribution >= 0.6 is 23.7 Å². The fourth-order valence-electron chi connectivity index (χ4n) is 3.88. The molecular formula is C28H30ClN3O2S. The molecule has 3 aromatic carbocycles. The maximum atomic E-state index is 13.6. The van der Waals surface area contributed by atoms with Crippen LogP contribution < -0.4 is 4.90 Å². The van der Waals surface area contributed by atoms with E-state index >= 15 is 0 Å². The van der Waals surface area contributed by atoms with Crippen LogP contribution in [0.4, 0.5) is 5.13 Å². The fraction of sp³-hybridized carbons (Fsp3) is 0.250. The zero-order chi connectivity index (χ0) is 24.1. The summed E-state index contributed by atoms with van der Waals surface area (Å²) in [6.45, 7) is 9.46. The Labute approximate surface area is 216 Å². The minimum absolute atomic E-state index is 0. The van der Waals surface area contributed by atoms with Crippen LogP contribution in [0.15, 0.2) is 72.8 Å². The molecule has 0 radical (unpaired) electrons. The summed E-state index contributed by atoms with van der Waals surface area (Å²) < 4.78 is 1.07. The lowest BCUT2D eigenvalue weighted by molar-refractivity contribution is 0.0981. The normalized spacial score (nSPS) is 10.9.